The van der Waals surface area contributed by atoms with Gasteiger partial charge in [0.05, 0.1) is 43.3 Å². The molecule has 2 fully saturated rings. The second-order valence-corrected chi connectivity index (χ2v) is 8.97. The molecule has 1 aromatic carbocycles. The molecule has 4 rings (SSSR count). The van der Waals surface area contributed by atoms with Gasteiger partial charge in [-0.15, -0.1) is 0 Å². The molecular weight excluding hydrogens is 428 g/mol. The van der Waals surface area contributed by atoms with Crippen LogP contribution in [0, 0.1) is 0 Å². The van der Waals surface area contributed by atoms with Gasteiger partial charge in [-0.3, -0.25) is 5.32 Å². The van der Waals surface area contributed by atoms with Gasteiger partial charge in [0.25, 0.3) is 0 Å². The van der Waals surface area contributed by atoms with Crippen molar-refractivity contribution in [2.45, 2.75) is 50.5 Å². The molecule has 2 aliphatic rings. The van der Waals surface area contributed by atoms with Crippen molar-refractivity contribution >= 4 is 23.7 Å². The van der Waals surface area contributed by atoms with Crippen LogP contribution in [0.5, 0.6) is 0 Å². The molecule has 4 atom stereocenters. The number of hydrogen-bond donors (Lipinski definition) is 2. The maximum Gasteiger partial charge on any atom is 0.412 e. The summed E-state index contributed by atoms with van der Waals surface area (Å²) in [6.07, 6.45) is -0.307. The van der Waals surface area contributed by atoms with E-state index in [-0.39, 0.29) is 29.7 Å². The van der Waals surface area contributed by atoms with Gasteiger partial charge in [-0.1, -0.05) is 32.9 Å². The Morgan fingerprint density at radius 1 is 1.09 bits per heavy atom. The molecule has 2 aromatic rings. The van der Waals surface area contributed by atoms with Crippen LogP contribution >= 0.6 is 0 Å². The number of esters is 1. The van der Waals surface area contributed by atoms with E-state index in [2.05, 4.69) is 41.4 Å². The molecule has 2 saturated heterocycles. The van der Waals surface area contributed by atoms with E-state index in [4.69, 9.17) is 18.9 Å². The predicted octanol–water partition coefficient (Wildman–Crippen LogP) is 2.76. The first-order chi connectivity index (χ1) is 15.8. The Bertz CT molecular complexity index is 1020. The summed E-state index contributed by atoms with van der Waals surface area (Å²) in [7, 11) is 1.28. The topological polar surface area (TPSA) is 121 Å². The van der Waals surface area contributed by atoms with E-state index in [1.165, 1.54) is 7.11 Å². The van der Waals surface area contributed by atoms with Gasteiger partial charge in [-0.25, -0.2) is 19.6 Å². The first-order valence-corrected chi connectivity index (χ1v) is 10.7. The smallest absolute Gasteiger partial charge is 0.412 e. The van der Waals surface area contributed by atoms with Gasteiger partial charge in [0.1, 0.15) is 12.2 Å². The minimum absolute atomic E-state index is 0.100. The van der Waals surface area contributed by atoms with Gasteiger partial charge < -0.3 is 24.3 Å². The van der Waals surface area contributed by atoms with Gasteiger partial charge in [-0.2, -0.15) is 0 Å². The lowest BCUT2D eigenvalue weighted by Gasteiger charge is -2.20. The maximum absolute atomic E-state index is 12.5. The van der Waals surface area contributed by atoms with Gasteiger partial charge >= 0.3 is 12.1 Å². The molecule has 33 heavy (non-hydrogen) atoms. The molecule has 0 radical (unpaired) electrons. The third-order valence-electron chi connectivity index (χ3n) is 5.57. The highest BCUT2D eigenvalue weighted by Crippen LogP contribution is 2.31. The van der Waals surface area contributed by atoms with E-state index in [1.807, 2.05) is 6.07 Å². The van der Waals surface area contributed by atoms with Crippen molar-refractivity contribution in [1.82, 2.24) is 9.97 Å². The number of anilines is 2. The standard InChI is InChI=1S/C23H28N4O6/c1-23(2,3)17-9-10-24-21(27-17)25-15-11-31-19-16(12-32-18(15)19)33-22(29)26-14-8-6-5-7-13(14)20(28)30-4/h5-10,15-16,18-19H,11-12H2,1-4H3,(H,26,29)(H,24,25,27)/t15-,16-,18-,19+/m1/s1. The average Bonchev–Trinajstić information content (AvgIpc) is 3.36. The highest BCUT2D eigenvalue weighted by molar-refractivity contribution is 5.99. The molecule has 2 N–H and O–H groups in total. The summed E-state index contributed by atoms with van der Waals surface area (Å²) in [6, 6.07) is 8.25. The minimum Gasteiger partial charge on any atom is -0.465 e. The fourth-order valence-corrected chi connectivity index (χ4v) is 3.86. The quantitative estimate of drug-likeness (QED) is 0.654. The van der Waals surface area contributed by atoms with Gasteiger partial charge in [0, 0.05) is 11.6 Å². The van der Waals surface area contributed by atoms with Crippen molar-refractivity contribution in [2.24, 2.45) is 0 Å². The van der Waals surface area contributed by atoms with Crippen LogP contribution in [0.25, 0.3) is 0 Å². The van der Waals surface area contributed by atoms with Gasteiger partial charge in [0.2, 0.25) is 5.95 Å². The van der Waals surface area contributed by atoms with Crippen LogP contribution < -0.4 is 10.6 Å². The number of nitrogens with one attached hydrogen (secondary N) is 2. The summed E-state index contributed by atoms with van der Waals surface area (Å²) >= 11 is 0. The van der Waals surface area contributed by atoms with Crippen molar-refractivity contribution in [3.63, 3.8) is 0 Å². The van der Waals surface area contributed by atoms with E-state index in [9.17, 15) is 9.59 Å². The van der Waals surface area contributed by atoms with Crippen molar-refractivity contribution in [3.05, 3.63) is 47.8 Å². The van der Waals surface area contributed by atoms with Crippen LogP contribution in [0.2, 0.25) is 0 Å². The molecule has 3 heterocycles. The molecule has 0 bridgehead atoms. The summed E-state index contributed by atoms with van der Waals surface area (Å²) in [5, 5.41) is 5.88. The SMILES string of the molecule is COC(=O)c1ccccc1NC(=O)O[C@@H]1CO[C@H]2[C@H]1OC[C@H]2Nc1nccc(C(C)(C)C)n1. The van der Waals surface area contributed by atoms with Crippen LogP contribution in [-0.4, -0.2) is 66.7 Å². The molecule has 10 nitrogen and oxygen atoms in total. The molecule has 10 heteroatoms. The number of amides is 1. The highest BCUT2D eigenvalue weighted by Gasteiger charge is 2.49. The van der Waals surface area contributed by atoms with E-state index in [0.29, 0.717) is 18.2 Å². The number of methoxy groups -OCH3 is 1. The van der Waals surface area contributed by atoms with Crippen LogP contribution in [0.15, 0.2) is 36.5 Å². The molecule has 1 amide bonds. The molecule has 0 spiro atoms. The molecule has 176 valence electrons. The summed E-state index contributed by atoms with van der Waals surface area (Å²) < 4.78 is 22.1. The number of ether oxygens (including phenoxy) is 4. The molecule has 0 saturated carbocycles. The Balaban J connectivity index is 1.36. The number of hydrogen-bond acceptors (Lipinski definition) is 9. The average molecular weight is 456 g/mol. The normalized spacial score (nSPS) is 24.1. The van der Waals surface area contributed by atoms with Crippen molar-refractivity contribution in [2.75, 3.05) is 31.0 Å². The Morgan fingerprint density at radius 2 is 1.85 bits per heavy atom. The van der Waals surface area contributed by atoms with E-state index < -0.39 is 24.3 Å². The summed E-state index contributed by atoms with van der Waals surface area (Å²) in [4.78, 5) is 33.3. The third-order valence-corrected chi connectivity index (χ3v) is 5.57. The molecule has 0 aliphatic carbocycles. The molecule has 0 unspecified atom stereocenters. The lowest BCUT2D eigenvalue weighted by atomic mass is 9.92. The van der Waals surface area contributed by atoms with E-state index >= 15 is 0 Å². The number of aromatic nitrogens is 2. The first kappa shape index (κ1) is 22.9. The molecule has 2 aliphatic heterocycles. The van der Waals surface area contributed by atoms with Crippen molar-refractivity contribution < 1.29 is 28.5 Å². The van der Waals surface area contributed by atoms with Crippen molar-refractivity contribution in [3.8, 4) is 0 Å². The zero-order valence-electron chi connectivity index (χ0n) is 19.0. The van der Waals surface area contributed by atoms with Crippen LogP contribution in [-0.2, 0) is 24.4 Å². The first-order valence-electron chi connectivity index (χ1n) is 10.7. The number of para-hydroxylation sites is 1. The Hall–Kier alpha value is -3.24. The number of nitrogens with zero attached hydrogens (tertiary/aromatic N) is 2. The Morgan fingerprint density at radius 3 is 2.61 bits per heavy atom. The van der Waals surface area contributed by atoms with Crippen LogP contribution in [0.1, 0.15) is 36.8 Å². The van der Waals surface area contributed by atoms with Crippen LogP contribution in [0.3, 0.4) is 0 Å². The second-order valence-electron chi connectivity index (χ2n) is 8.97. The second kappa shape index (κ2) is 9.32. The minimum atomic E-state index is -0.707. The fourth-order valence-electron chi connectivity index (χ4n) is 3.86. The summed E-state index contributed by atoms with van der Waals surface area (Å²) in [5.41, 5.74) is 1.35. The van der Waals surface area contributed by atoms with Gasteiger partial charge in [-0.05, 0) is 18.2 Å². The summed E-state index contributed by atoms with van der Waals surface area (Å²) in [6.45, 7) is 6.83. The largest absolute Gasteiger partial charge is 0.465 e. The summed E-state index contributed by atoms with van der Waals surface area (Å²) in [5.74, 6) is -0.0530. The van der Waals surface area contributed by atoms with E-state index in [1.54, 1.807) is 30.5 Å². The van der Waals surface area contributed by atoms with E-state index in [0.717, 1.165) is 5.69 Å². The molecular formula is C23H28N4O6. The number of benzene rings is 1. The fraction of sp³-hybridized carbons (Fsp3) is 0.478. The number of rotatable bonds is 5. The highest BCUT2D eigenvalue weighted by atomic mass is 16.6. The monoisotopic (exact) mass is 456 g/mol. The lowest BCUT2D eigenvalue weighted by molar-refractivity contribution is 0.00916. The maximum atomic E-state index is 12.5. The predicted molar refractivity (Wildman–Crippen MR) is 119 cm³/mol. The lowest BCUT2D eigenvalue weighted by Crippen LogP contribution is -2.38. The Kier molecular flexibility index (Phi) is 6.48. The third kappa shape index (κ3) is 5.07. The Labute approximate surface area is 192 Å². The van der Waals surface area contributed by atoms with Crippen LogP contribution in [0.4, 0.5) is 16.4 Å². The number of fused-ring (bicyclic) bond motifs is 1. The van der Waals surface area contributed by atoms with Gasteiger partial charge in [0.15, 0.2) is 6.10 Å². The number of carbonyl (C=O) groups excluding carboxylic acids is 2. The molecule has 1 aromatic heterocycles. The van der Waals surface area contributed by atoms with Crippen molar-refractivity contribution in [1.29, 1.82) is 0 Å². The zero-order valence-corrected chi connectivity index (χ0v) is 19.0. The number of carbonyl (C=O) groups is 2. The zero-order chi connectivity index (χ0) is 23.6.